The van der Waals surface area contributed by atoms with Crippen LogP contribution in [0.3, 0.4) is 0 Å². The van der Waals surface area contributed by atoms with E-state index in [1.165, 1.54) is 10.4 Å². The fraction of sp³-hybridized carbons (Fsp3) is 0.375. The molecule has 0 amide bonds. The van der Waals surface area contributed by atoms with Crippen LogP contribution in [0.2, 0.25) is 5.04 Å². The lowest BCUT2D eigenvalue weighted by Crippen LogP contribution is -2.67. The second-order valence-corrected chi connectivity index (χ2v) is 13.3. The van der Waals surface area contributed by atoms with Gasteiger partial charge < -0.3 is 9.16 Å². The first-order valence-electron chi connectivity index (χ1n) is 9.99. The van der Waals surface area contributed by atoms with E-state index in [1.807, 2.05) is 12.1 Å². The van der Waals surface area contributed by atoms with Crippen LogP contribution in [0, 0.1) is 11.3 Å². The minimum absolute atomic E-state index is 0.101. The summed E-state index contributed by atoms with van der Waals surface area (Å²) in [5, 5.41) is 2.37. The summed E-state index contributed by atoms with van der Waals surface area (Å²) in [5.74, 6) is 0.0126. The van der Waals surface area contributed by atoms with Crippen molar-refractivity contribution in [3.63, 3.8) is 0 Å². The Labute approximate surface area is 168 Å². The van der Waals surface area contributed by atoms with Gasteiger partial charge in [0.1, 0.15) is 5.41 Å². The molecule has 2 aliphatic rings. The molecule has 2 atom stereocenters. The Bertz CT molecular complexity index is 830. The molecular weight excluding hydrogens is 364 g/mol. The van der Waals surface area contributed by atoms with Gasteiger partial charge in [0.15, 0.2) is 0 Å². The maximum absolute atomic E-state index is 12.7. The average Bonchev–Trinajstić information content (AvgIpc) is 3.23. The Morgan fingerprint density at radius 2 is 1.61 bits per heavy atom. The number of rotatable bonds is 5. The van der Waals surface area contributed by atoms with Crippen molar-refractivity contribution in [2.45, 2.75) is 32.2 Å². The molecule has 0 spiro atoms. The summed E-state index contributed by atoms with van der Waals surface area (Å²) in [7, 11) is -2.65. The van der Waals surface area contributed by atoms with Crippen molar-refractivity contribution in [3.05, 3.63) is 72.8 Å². The summed E-state index contributed by atoms with van der Waals surface area (Å²) in [5.41, 5.74) is -0.562. The number of allylic oxidation sites excluding steroid dienone is 1. The molecule has 146 valence electrons. The normalized spacial score (nSPS) is 24.2. The molecule has 1 saturated heterocycles. The van der Waals surface area contributed by atoms with Crippen molar-refractivity contribution in [3.8, 4) is 0 Å². The van der Waals surface area contributed by atoms with Gasteiger partial charge in [-0.1, -0.05) is 93.6 Å². The number of carbonyl (C=O) groups is 1. The molecule has 0 bridgehead atoms. The van der Waals surface area contributed by atoms with E-state index in [0.29, 0.717) is 19.6 Å². The zero-order valence-corrected chi connectivity index (χ0v) is 17.9. The van der Waals surface area contributed by atoms with Crippen LogP contribution >= 0.6 is 0 Å². The third-order valence-electron chi connectivity index (χ3n) is 6.32. The molecule has 1 fully saturated rings. The van der Waals surface area contributed by atoms with Crippen LogP contribution in [-0.4, -0.2) is 27.5 Å². The summed E-state index contributed by atoms with van der Waals surface area (Å²) in [6, 6.07) is 21.1. The molecule has 0 saturated carbocycles. The number of ether oxygens (including phenoxy) is 1. The fourth-order valence-corrected chi connectivity index (χ4v) is 9.39. The number of carbonyl (C=O) groups excluding carboxylic acids is 1. The quantitative estimate of drug-likeness (QED) is 0.442. The van der Waals surface area contributed by atoms with Gasteiger partial charge in [-0.3, -0.25) is 4.79 Å². The number of cyclic esters (lactones) is 1. The summed E-state index contributed by atoms with van der Waals surface area (Å²) in [6.07, 6.45) is 4.94. The number of esters is 1. The molecule has 0 aromatic heterocycles. The van der Waals surface area contributed by atoms with Gasteiger partial charge in [0, 0.05) is 5.92 Å². The average molecular weight is 393 g/mol. The highest BCUT2D eigenvalue weighted by molar-refractivity contribution is 6.99. The summed E-state index contributed by atoms with van der Waals surface area (Å²) in [4.78, 5) is 12.7. The zero-order valence-electron chi connectivity index (χ0n) is 16.9. The van der Waals surface area contributed by atoms with Crippen molar-refractivity contribution in [1.29, 1.82) is 0 Å². The fourth-order valence-electron chi connectivity index (χ4n) is 4.76. The molecule has 28 heavy (non-hydrogen) atoms. The van der Waals surface area contributed by atoms with Gasteiger partial charge in [0.05, 0.1) is 13.2 Å². The Hall–Kier alpha value is -2.17. The van der Waals surface area contributed by atoms with Gasteiger partial charge in [0.25, 0.3) is 8.32 Å². The van der Waals surface area contributed by atoms with Crippen LogP contribution in [0.25, 0.3) is 0 Å². The van der Waals surface area contributed by atoms with Gasteiger partial charge >= 0.3 is 5.97 Å². The predicted octanol–water partition coefficient (Wildman–Crippen LogP) is 3.68. The Balaban J connectivity index is 1.81. The van der Waals surface area contributed by atoms with Crippen LogP contribution < -0.4 is 10.4 Å². The third-order valence-corrected chi connectivity index (χ3v) is 11.3. The van der Waals surface area contributed by atoms with Crippen molar-refractivity contribution < 1.29 is 14.0 Å². The summed E-state index contributed by atoms with van der Waals surface area (Å²) < 4.78 is 12.5. The second-order valence-electron chi connectivity index (χ2n) is 8.95. The highest BCUT2D eigenvalue weighted by Crippen LogP contribution is 2.46. The lowest BCUT2D eigenvalue weighted by molar-refractivity contribution is -0.147. The molecule has 2 aromatic rings. The largest absolute Gasteiger partial charge is 0.465 e. The van der Waals surface area contributed by atoms with Crippen LogP contribution in [0.15, 0.2) is 72.8 Å². The predicted molar refractivity (Wildman–Crippen MR) is 114 cm³/mol. The van der Waals surface area contributed by atoms with E-state index in [9.17, 15) is 4.79 Å². The molecular formula is C24H28O3Si. The van der Waals surface area contributed by atoms with Crippen molar-refractivity contribution >= 4 is 24.7 Å². The van der Waals surface area contributed by atoms with E-state index in [2.05, 4.69) is 81.5 Å². The zero-order chi connectivity index (χ0) is 19.8. The molecule has 1 aliphatic heterocycles. The first-order valence-corrected chi connectivity index (χ1v) is 11.9. The van der Waals surface area contributed by atoms with Crippen LogP contribution in [0.1, 0.15) is 27.2 Å². The van der Waals surface area contributed by atoms with Gasteiger partial charge in [-0.2, -0.15) is 0 Å². The summed E-state index contributed by atoms with van der Waals surface area (Å²) in [6.45, 7) is 7.65. The molecule has 0 unspecified atom stereocenters. The Kier molecular flexibility index (Phi) is 4.80. The SMILES string of the molecule is CC(C)(C)[Si](OC[C@@]12CC=C[C@@H]1COC2=O)(c1ccccc1)c1ccccc1. The maximum Gasteiger partial charge on any atom is 0.315 e. The molecule has 3 nitrogen and oxygen atoms in total. The molecule has 4 rings (SSSR count). The molecule has 0 N–H and O–H groups in total. The van der Waals surface area contributed by atoms with Crippen molar-refractivity contribution in [2.75, 3.05) is 13.2 Å². The van der Waals surface area contributed by atoms with E-state index in [1.54, 1.807) is 0 Å². The first kappa shape index (κ1) is 19.2. The van der Waals surface area contributed by atoms with E-state index in [-0.39, 0.29) is 16.9 Å². The minimum Gasteiger partial charge on any atom is -0.465 e. The lowest BCUT2D eigenvalue weighted by atomic mass is 9.80. The highest BCUT2D eigenvalue weighted by atomic mass is 28.4. The number of fused-ring (bicyclic) bond motifs is 1. The Morgan fingerprint density at radius 3 is 2.14 bits per heavy atom. The van der Waals surface area contributed by atoms with Crippen molar-refractivity contribution in [1.82, 2.24) is 0 Å². The smallest absolute Gasteiger partial charge is 0.315 e. The Morgan fingerprint density at radius 1 is 1.04 bits per heavy atom. The van der Waals surface area contributed by atoms with E-state index >= 15 is 0 Å². The van der Waals surface area contributed by atoms with Crippen LogP contribution in [0.4, 0.5) is 0 Å². The van der Waals surface area contributed by atoms with Gasteiger partial charge in [-0.05, 0) is 21.8 Å². The second kappa shape index (κ2) is 7.01. The molecule has 1 heterocycles. The molecule has 0 radical (unpaired) electrons. The van der Waals surface area contributed by atoms with Crippen LogP contribution in [0.5, 0.6) is 0 Å². The number of hydrogen-bond donors (Lipinski definition) is 0. The number of hydrogen-bond acceptors (Lipinski definition) is 3. The van der Waals surface area contributed by atoms with Crippen LogP contribution in [-0.2, 0) is 14.0 Å². The van der Waals surface area contributed by atoms with Gasteiger partial charge in [-0.15, -0.1) is 0 Å². The van der Waals surface area contributed by atoms with Crippen molar-refractivity contribution in [2.24, 2.45) is 11.3 Å². The lowest BCUT2D eigenvalue weighted by Gasteiger charge is -2.44. The van der Waals surface area contributed by atoms with E-state index in [4.69, 9.17) is 9.16 Å². The molecule has 1 aliphatic carbocycles. The minimum atomic E-state index is -2.65. The number of benzene rings is 2. The third kappa shape index (κ3) is 2.87. The molecule has 2 aromatic carbocycles. The maximum atomic E-state index is 12.7. The first-order chi connectivity index (χ1) is 13.4. The highest BCUT2D eigenvalue weighted by Gasteiger charge is 2.57. The molecule has 4 heteroatoms. The van der Waals surface area contributed by atoms with E-state index < -0.39 is 13.7 Å². The monoisotopic (exact) mass is 392 g/mol. The van der Waals surface area contributed by atoms with Gasteiger partial charge in [0.2, 0.25) is 0 Å². The topological polar surface area (TPSA) is 35.5 Å². The standard InChI is InChI=1S/C24H28O3Si/c1-23(2,3)28(20-12-6-4-7-13-20,21-14-8-5-9-15-21)27-18-24-16-10-11-19(24)17-26-22(24)25/h4-15,19H,16-18H2,1-3H3/t19-,24+/m1/s1. The summed E-state index contributed by atoms with van der Waals surface area (Å²) >= 11 is 0. The van der Waals surface area contributed by atoms with E-state index in [0.717, 1.165) is 0 Å². The van der Waals surface area contributed by atoms with Gasteiger partial charge in [-0.25, -0.2) is 0 Å².